The number of aromatic amines is 2. The normalized spacial score (nSPS) is 13.7. The SMILES string of the molecule is NC(=O)CC(NC(=O)C(Cc1ccc(O)cc1)NC(=O)C(N)Cc1c[nH]c2ccccc12)C(=O)NC(Cc1c[nH]c2ccccc12)C(=O)O. The second-order valence-corrected chi connectivity index (χ2v) is 11.8. The van der Waals surface area contributed by atoms with Crippen LogP contribution < -0.4 is 27.4 Å². The van der Waals surface area contributed by atoms with Gasteiger partial charge in [0, 0.05) is 47.0 Å². The van der Waals surface area contributed by atoms with Gasteiger partial charge in [-0.1, -0.05) is 48.5 Å². The van der Waals surface area contributed by atoms with Gasteiger partial charge in [-0.05, 0) is 47.4 Å². The molecule has 3 aromatic carbocycles. The minimum absolute atomic E-state index is 0.00615. The monoisotopic (exact) mass is 667 g/mol. The van der Waals surface area contributed by atoms with Gasteiger partial charge >= 0.3 is 5.97 Å². The first-order valence-electron chi connectivity index (χ1n) is 15.5. The topological polar surface area (TPSA) is 246 Å². The fourth-order valence-corrected chi connectivity index (χ4v) is 5.66. The first kappa shape index (κ1) is 34.2. The maximum absolute atomic E-state index is 13.7. The molecular formula is C35H37N7O7. The summed E-state index contributed by atoms with van der Waals surface area (Å²) in [4.78, 5) is 70.8. The van der Waals surface area contributed by atoms with Crippen molar-refractivity contribution in [1.82, 2.24) is 25.9 Å². The van der Waals surface area contributed by atoms with Crippen LogP contribution in [0, 0.1) is 0 Å². The minimum Gasteiger partial charge on any atom is -0.508 e. The Morgan fingerprint density at radius 3 is 1.73 bits per heavy atom. The van der Waals surface area contributed by atoms with Crippen LogP contribution in [0.1, 0.15) is 23.1 Å². The number of primary amides is 1. The first-order valence-corrected chi connectivity index (χ1v) is 15.5. The third-order valence-electron chi connectivity index (χ3n) is 8.21. The van der Waals surface area contributed by atoms with Crippen LogP contribution in [-0.2, 0) is 43.2 Å². The second kappa shape index (κ2) is 15.2. The number of amides is 4. The zero-order valence-electron chi connectivity index (χ0n) is 26.3. The van der Waals surface area contributed by atoms with Crippen LogP contribution in [0.5, 0.6) is 5.75 Å². The number of phenolic OH excluding ortho intramolecular Hbond substituents is 1. The molecule has 0 spiro atoms. The molecule has 4 unspecified atom stereocenters. The summed E-state index contributed by atoms with van der Waals surface area (Å²) in [5.41, 5.74) is 15.3. The molecule has 0 aliphatic heterocycles. The van der Waals surface area contributed by atoms with Crippen molar-refractivity contribution in [2.24, 2.45) is 11.5 Å². The molecule has 14 heteroatoms. The average molecular weight is 668 g/mol. The van der Waals surface area contributed by atoms with E-state index in [2.05, 4.69) is 25.9 Å². The van der Waals surface area contributed by atoms with Crippen molar-refractivity contribution in [3.8, 4) is 5.75 Å². The molecule has 49 heavy (non-hydrogen) atoms. The van der Waals surface area contributed by atoms with Gasteiger partial charge in [-0.25, -0.2) is 4.79 Å². The highest BCUT2D eigenvalue weighted by Crippen LogP contribution is 2.20. The number of benzene rings is 3. The summed E-state index contributed by atoms with van der Waals surface area (Å²) in [6.07, 6.45) is 2.76. The number of aliphatic carboxylic acids is 1. The van der Waals surface area contributed by atoms with Gasteiger partial charge in [-0.3, -0.25) is 19.2 Å². The number of nitrogens with two attached hydrogens (primary N) is 2. The van der Waals surface area contributed by atoms with E-state index in [0.717, 1.165) is 27.4 Å². The Morgan fingerprint density at radius 1 is 0.653 bits per heavy atom. The average Bonchev–Trinajstić information content (AvgIpc) is 3.68. The van der Waals surface area contributed by atoms with E-state index >= 15 is 0 Å². The predicted molar refractivity (Wildman–Crippen MR) is 181 cm³/mol. The lowest BCUT2D eigenvalue weighted by atomic mass is 10.0. The number of carbonyl (C=O) groups is 5. The largest absolute Gasteiger partial charge is 0.508 e. The summed E-state index contributed by atoms with van der Waals surface area (Å²) < 4.78 is 0. The predicted octanol–water partition coefficient (Wildman–Crippen LogP) is 1.12. The molecule has 0 fully saturated rings. The summed E-state index contributed by atoms with van der Waals surface area (Å²) >= 11 is 0. The molecule has 11 N–H and O–H groups in total. The van der Waals surface area contributed by atoms with Crippen LogP contribution in [0.2, 0.25) is 0 Å². The van der Waals surface area contributed by atoms with Crippen molar-refractivity contribution >= 4 is 51.4 Å². The Labute approximate surface area is 280 Å². The molecule has 2 heterocycles. The molecule has 0 radical (unpaired) electrons. The van der Waals surface area contributed by atoms with Gasteiger partial charge < -0.3 is 47.6 Å². The van der Waals surface area contributed by atoms with Crippen molar-refractivity contribution < 1.29 is 34.2 Å². The Bertz CT molecular complexity index is 1990. The second-order valence-electron chi connectivity index (χ2n) is 11.8. The quantitative estimate of drug-likeness (QED) is 0.0781. The lowest BCUT2D eigenvalue weighted by molar-refractivity contribution is -0.142. The van der Waals surface area contributed by atoms with E-state index in [0.29, 0.717) is 11.1 Å². The molecule has 0 aliphatic carbocycles. The van der Waals surface area contributed by atoms with Gasteiger partial charge in [0.2, 0.25) is 23.6 Å². The van der Waals surface area contributed by atoms with Crippen molar-refractivity contribution in [3.05, 3.63) is 102 Å². The standard InChI is InChI=1S/C35H37N7O7/c36-25(14-20-17-38-26-7-3-1-5-23(20)26)32(45)40-28(13-19-9-11-22(43)12-10-19)33(46)41-29(16-31(37)44)34(47)42-30(35(48)49)15-21-18-39-27-8-4-2-6-24(21)27/h1-12,17-18,25,28-30,38-39,43H,13-16,36H2,(H2,37,44)(H,40,45)(H,41,46)(H,42,47)(H,48,49). The molecule has 2 aromatic heterocycles. The number of hydrogen-bond acceptors (Lipinski definition) is 7. The Hall–Kier alpha value is -6.15. The molecular weight excluding hydrogens is 630 g/mol. The summed E-state index contributed by atoms with van der Waals surface area (Å²) in [5, 5.41) is 28.9. The van der Waals surface area contributed by atoms with Gasteiger partial charge in [-0.2, -0.15) is 0 Å². The number of rotatable bonds is 15. The van der Waals surface area contributed by atoms with E-state index < -0.39 is 60.2 Å². The van der Waals surface area contributed by atoms with E-state index in [4.69, 9.17) is 11.5 Å². The highest BCUT2D eigenvalue weighted by Gasteiger charge is 2.32. The molecule has 5 rings (SSSR count). The first-order chi connectivity index (χ1) is 23.5. The van der Waals surface area contributed by atoms with Gasteiger partial charge in [0.25, 0.3) is 0 Å². The van der Waals surface area contributed by atoms with Crippen molar-refractivity contribution in [1.29, 1.82) is 0 Å². The molecule has 0 saturated heterocycles. The zero-order chi connectivity index (χ0) is 35.1. The van der Waals surface area contributed by atoms with Crippen molar-refractivity contribution in [3.63, 3.8) is 0 Å². The van der Waals surface area contributed by atoms with E-state index in [-0.39, 0.29) is 25.0 Å². The fourth-order valence-electron chi connectivity index (χ4n) is 5.66. The van der Waals surface area contributed by atoms with Crippen LogP contribution in [0.4, 0.5) is 0 Å². The number of carboxylic acids is 1. The third-order valence-corrected chi connectivity index (χ3v) is 8.21. The van der Waals surface area contributed by atoms with E-state index in [9.17, 15) is 34.2 Å². The smallest absolute Gasteiger partial charge is 0.326 e. The number of carboxylic acid groups (broad SMARTS) is 1. The summed E-state index contributed by atoms with van der Waals surface area (Å²) in [6, 6.07) is 15.4. The summed E-state index contributed by atoms with van der Waals surface area (Å²) in [6.45, 7) is 0. The van der Waals surface area contributed by atoms with E-state index in [1.165, 1.54) is 12.1 Å². The molecule has 4 amide bonds. The van der Waals surface area contributed by atoms with Gasteiger partial charge in [-0.15, -0.1) is 0 Å². The molecule has 0 aliphatic rings. The zero-order valence-corrected chi connectivity index (χ0v) is 26.3. The van der Waals surface area contributed by atoms with Gasteiger partial charge in [0.05, 0.1) is 12.5 Å². The summed E-state index contributed by atoms with van der Waals surface area (Å²) in [5.74, 6) is -4.71. The molecule has 254 valence electrons. The van der Waals surface area contributed by atoms with E-state index in [1.807, 2.05) is 42.5 Å². The molecule has 4 atom stereocenters. The fraction of sp³-hybridized carbons (Fsp3) is 0.229. The minimum atomic E-state index is -1.56. The highest BCUT2D eigenvalue weighted by atomic mass is 16.4. The molecule has 14 nitrogen and oxygen atoms in total. The Morgan fingerprint density at radius 2 is 1.16 bits per heavy atom. The van der Waals surface area contributed by atoms with Crippen molar-refractivity contribution in [2.45, 2.75) is 49.9 Å². The van der Waals surface area contributed by atoms with Crippen LogP contribution in [0.15, 0.2) is 85.2 Å². The van der Waals surface area contributed by atoms with Crippen molar-refractivity contribution in [2.75, 3.05) is 0 Å². The number of phenols is 1. The number of H-pyrrole nitrogens is 2. The van der Waals surface area contributed by atoms with Gasteiger partial charge in [0.15, 0.2) is 0 Å². The Kier molecular flexibility index (Phi) is 10.6. The van der Waals surface area contributed by atoms with Gasteiger partial charge in [0.1, 0.15) is 23.9 Å². The number of carbonyl (C=O) groups excluding carboxylic acids is 4. The highest BCUT2D eigenvalue weighted by molar-refractivity contribution is 5.96. The number of fused-ring (bicyclic) bond motifs is 2. The molecule has 0 bridgehead atoms. The molecule has 0 saturated carbocycles. The van der Waals surface area contributed by atoms with Crippen LogP contribution in [0.25, 0.3) is 21.8 Å². The third kappa shape index (κ3) is 8.61. The number of aromatic nitrogens is 2. The van der Waals surface area contributed by atoms with Crippen LogP contribution >= 0.6 is 0 Å². The maximum atomic E-state index is 13.7. The lowest BCUT2D eigenvalue weighted by Crippen LogP contribution is -2.58. The lowest BCUT2D eigenvalue weighted by Gasteiger charge is -2.25. The molecule has 5 aromatic rings. The summed E-state index contributed by atoms with van der Waals surface area (Å²) in [7, 11) is 0. The number of para-hydroxylation sites is 2. The van der Waals surface area contributed by atoms with Crippen LogP contribution in [0.3, 0.4) is 0 Å². The van der Waals surface area contributed by atoms with Crippen LogP contribution in [-0.4, -0.2) is 73.9 Å². The maximum Gasteiger partial charge on any atom is 0.326 e. The number of hydrogen-bond donors (Lipinski definition) is 9. The van der Waals surface area contributed by atoms with E-state index in [1.54, 1.807) is 30.6 Å². The number of nitrogens with one attached hydrogen (secondary N) is 5. The number of aromatic hydroxyl groups is 1. The Balaban J connectivity index is 1.32.